The predicted octanol–water partition coefficient (Wildman–Crippen LogP) is 5.24. The smallest absolute Gasteiger partial charge is 0.235 e. The van der Waals surface area contributed by atoms with Crippen molar-refractivity contribution in [2.24, 2.45) is 0 Å². The normalized spacial score (nSPS) is 20.1. The Labute approximate surface area is 195 Å². The number of carbonyl (C=O) groups is 2. The summed E-state index contributed by atoms with van der Waals surface area (Å²) >= 11 is 6.09. The summed E-state index contributed by atoms with van der Waals surface area (Å²) in [5.41, 5.74) is 2.48. The van der Waals surface area contributed by atoms with Crippen molar-refractivity contribution in [2.75, 3.05) is 30.4 Å². The third kappa shape index (κ3) is 4.63. The Morgan fingerprint density at radius 2 is 1.69 bits per heavy atom. The van der Waals surface area contributed by atoms with Gasteiger partial charge in [0.25, 0.3) is 0 Å². The van der Waals surface area contributed by atoms with Crippen molar-refractivity contribution in [3.63, 3.8) is 0 Å². The van der Waals surface area contributed by atoms with E-state index in [9.17, 15) is 9.59 Å². The summed E-state index contributed by atoms with van der Waals surface area (Å²) in [6.45, 7) is 3.37. The number of amides is 2. The van der Waals surface area contributed by atoms with E-state index in [-0.39, 0.29) is 17.9 Å². The van der Waals surface area contributed by atoms with Crippen LogP contribution < -0.4 is 10.2 Å². The number of halogens is 1. The standard InChI is InChI=1S/C26H32ClN3O2/c1-19(31)29(2)24-14-17-30(18-24)23-12-10-22(11-13-23)28-25(32)26(15-4-3-5-16-26)20-6-8-21(27)9-7-20/h6-13,24H,3-5,14-18H2,1-2H3,(H,28,32). The van der Waals surface area contributed by atoms with Crippen LogP contribution >= 0.6 is 11.6 Å². The lowest BCUT2D eigenvalue weighted by molar-refractivity contribution is -0.129. The zero-order chi connectivity index (χ0) is 22.7. The predicted molar refractivity (Wildman–Crippen MR) is 130 cm³/mol. The van der Waals surface area contributed by atoms with Crippen LogP contribution in [0.2, 0.25) is 5.02 Å². The fraction of sp³-hybridized carbons (Fsp3) is 0.462. The van der Waals surface area contributed by atoms with Crippen molar-refractivity contribution in [3.8, 4) is 0 Å². The minimum atomic E-state index is -0.499. The number of carbonyl (C=O) groups excluding carboxylic acids is 2. The molecule has 0 aromatic heterocycles. The molecule has 1 saturated heterocycles. The Balaban J connectivity index is 1.46. The van der Waals surface area contributed by atoms with Gasteiger partial charge in [0.2, 0.25) is 11.8 Å². The zero-order valence-electron chi connectivity index (χ0n) is 18.9. The molecule has 1 heterocycles. The van der Waals surface area contributed by atoms with Crippen LogP contribution in [0, 0.1) is 0 Å². The molecule has 2 aromatic carbocycles. The molecule has 0 radical (unpaired) electrons. The van der Waals surface area contributed by atoms with Crippen molar-refractivity contribution in [1.82, 2.24) is 4.90 Å². The fourth-order valence-electron chi connectivity index (χ4n) is 5.13. The molecule has 32 heavy (non-hydrogen) atoms. The van der Waals surface area contributed by atoms with Gasteiger partial charge >= 0.3 is 0 Å². The van der Waals surface area contributed by atoms with Crippen molar-refractivity contribution < 1.29 is 9.59 Å². The highest BCUT2D eigenvalue weighted by molar-refractivity contribution is 6.30. The Morgan fingerprint density at radius 1 is 1.03 bits per heavy atom. The molecule has 6 heteroatoms. The summed E-state index contributed by atoms with van der Waals surface area (Å²) in [6.07, 6.45) is 5.97. The summed E-state index contributed by atoms with van der Waals surface area (Å²) in [4.78, 5) is 29.3. The number of hydrogen-bond donors (Lipinski definition) is 1. The van der Waals surface area contributed by atoms with Gasteiger partial charge in [-0.1, -0.05) is 43.0 Å². The zero-order valence-corrected chi connectivity index (χ0v) is 19.7. The molecule has 2 aliphatic rings. The monoisotopic (exact) mass is 453 g/mol. The van der Waals surface area contributed by atoms with Crippen LogP contribution in [-0.2, 0) is 15.0 Å². The Hall–Kier alpha value is -2.53. The van der Waals surface area contributed by atoms with Crippen molar-refractivity contribution >= 4 is 34.8 Å². The van der Waals surface area contributed by atoms with Crippen LogP contribution in [0.1, 0.15) is 51.0 Å². The minimum absolute atomic E-state index is 0.0663. The van der Waals surface area contributed by atoms with Crippen molar-refractivity contribution in [3.05, 3.63) is 59.1 Å². The second kappa shape index (κ2) is 9.53. The summed E-state index contributed by atoms with van der Waals surface area (Å²) in [7, 11) is 1.87. The SMILES string of the molecule is CC(=O)N(C)C1CCN(c2ccc(NC(=O)C3(c4ccc(Cl)cc4)CCCCC3)cc2)C1. The van der Waals surface area contributed by atoms with Crippen LogP contribution in [-0.4, -0.2) is 42.9 Å². The van der Waals surface area contributed by atoms with Crippen LogP contribution in [0.15, 0.2) is 48.5 Å². The van der Waals surface area contributed by atoms with E-state index in [0.717, 1.165) is 62.1 Å². The minimum Gasteiger partial charge on any atom is -0.369 e. The number of rotatable bonds is 5. The highest BCUT2D eigenvalue weighted by Gasteiger charge is 2.41. The van der Waals surface area contributed by atoms with E-state index >= 15 is 0 Å². The number of hydrogen-bond acceptors (Lipinski definition) is 3. The first kappa shape index (κ1) is 22.7. The Kier molecular flexibility index (Phi) is 6.75. The maximum atomic E-state index is 13.5. The first-order valence-corrected chi connectivity index (χ1v) is 11.9. The van der Waals surface area contributed by atoms with Crippen molar-refractivity contribution in [2.45, 2.75) is 56.9 Å². The maximum Gasteiger partial charge on any atom is 0.235 e. The second-order valence-corrected chi connectivity index (χ2v) is 9.61. The summed E-state index contributed by atoms with van der Waals surface area (Å²) < 4.78 is 0. The number of anilines is 2. The third-order valence-corrected chi connectivity index (χ3v) is 7.49. The maximum absolute atomic E-state index is 13.5. The molecular weight excluding hydrogens is 422 g/mol. The topological polar surface area (TPSA) is 52.7 Å². The molecule has 4 rings (SSSR count). The molecule has 1 saturated carbocycles. The number of nitrogens with zero attached hydrogens (tertiary/aromatic N) is 2. The summed E-state index contributed by atoms with van der Waals surface area (Å²) in [5.74, 6) is 0.170. The van der Waals surface area contributed by atoms with Gasteiger partial charge in [0.1, 0.15) is 0 Å². The van der Waals surface area contributed by atoms with Crippen LogP contribution in [0.5, 0.6) is 0 Å². The molecule has 1 atom stereocenters. The second-order valence-electron chi connectivity index (χ2n) is 9.17. The van der Waals surface area contributed by atoms with Gasteiger partial charge in [-0.25, -0.2) is 0 Å². The molecule has 0 bridgehead atoms. The van der Waals surface area contributed by atoms with Gasteiger partial charge in [-0.3, -0.25) is 9.59 Å². The van der Waals surface area contributed by atoms with E-state index < -0.39 is 5.41 Å². The van der Waals surface area contributed by atoms with Crippen LogP contribution in [0.4, 0.5) is 11.4 Å². The van der Waals surface area contributed by atoms with Gasteiger partial charge < -0.3 is 15.1 Å². The molecule has 1 aliphatic heterocycles. The van der Waals surface area contributed by atoms with E-state index in [1.165, 1.54) is 6.42 Å². The molecule has 2 amide bonds. The molecule has 5 nitrogen and oxygen atoms in total. The fourth-order valence-corrected chi connectivity index (χ4v) is 5.25. The first-order chi connectivity index (χ1) is 15.4. The third-order valence-electron chi connectivity index (χ3n) is 7.24. The average Bonchev–Trinajstić information content (AvgIpc) is 3.30. The molecule has 0 spiro atoms. The summed E-state index contributed by atoms with van der Waals surface area (Å²) in [5, 5.41) is 3.87. The average molecular weight is 454 g/mol. The van der Waals surface area contributed by atoms with E-state index in [2.05, 4.69) is 22.3 Å². The van der Waals surface area contributed by atoms with E-state index in [4.69, 9.17) is 11.6 Å². The van der Waals surface area contributed by atoms with Crippen LogP contribution in [0.3, 0.4) is 0 Å². The highest BCUT2D eigenvalue weighted by atomic mass is 35.5. The van der Waals surface area contributed by atoms with Gasteiger partial charge in [-0.2, -0.15) is 0 Å². The lowest BCUT2D eigenvalue weighted by Gasteiger charge is -2.36. The van der Waals surface area contributed by atoms with Gasteiger partial charge in [0, 0.05) is 43.5 Å². The van der Waals surface area contributed by atoms with Gasteiger partial charge in [0.05, 0.1) is 11.5 Å². The quantitative estimate of drug-likeness (QED) is 0.673. The number of nitrogens with one attached hydrogen (secondary N) is 1. The van der Waals surface area contributed by atoms with E-state index in [1.54, 1.807) is 6.92 Å². The van der Waals surface area contributed by atoms with Crippen LogP contribution in [0.25, 0.3) is 0 Å². The molecule has 2 aromatic rings. The molecule has 1 N–H and O–H groups in total. The molecule has 2 fully saturated rings. The lowest BCUT2D eigenvalue weighted by Crippen LogP contribution is -2.42. The van der Waals surface area contributed by atoms with Gasteiger partial charge in [-0.05, 0) is 61.2 Å². The largest absolute Gasteiger partial charge is 0.369 e. The highest BCUT2D eigenvalue weighted by Crippen LogP contribution is 2.41. The lowest BCUT2D eigenvalue weighted by atomic mass is 9.68. The van der Waals surface area contributed by atoms with Gasteiger partial charge in [0.15, 0.2) is 0 Å². The summed E-state index contributed by atoms with van der Waals surface area (Å²) in [6, 6.07) is 16.1. The molecule has 1 aliphatic carbocycles. The molecule has 170 valence electrons. The first-order valence-electron chi connectivity index (χ1n) is 11.5. The Morgan fingerprint density at radius 3 is 2.31 bits per heavy atom. The molecule has 1 unspecified atom stereocenters. The number of benzene rings is 2. The molecular formula is C26H32ClN3O2. The van der Waals surface area contributed by atoms with E-state index in [1.807, 2.05) is 48.3 Å². The Bertz CT molecular complexity index is 952. The van der Waals surface area contributed by atoms with Gasteiger partial charge in [-0.15, -0.1) is 0 Å². The number of likely N-dealkylation sites (N-methyl/N-ethyl adjacent to an activating group) is 1. The van der Waals surface area contributed by atoms with Crippen molar-refractivity contribution in [1.29, 1.82) is 0 Å². The van der Waals surface area contributed by atoms with E-state index in [0.29, 0.717) is 5.02 Å².